The maximum absolute atomic E-state index is 8.49. The summed E-state index contributed by atoms with van der Waals surface area (Å²) in [5.74, 6) is 0. The fourth-order valence-corrected chi connectivity index (χ4v) is 0. The van der Waals surface area contributed by atoms with Gasteiger partial charge in [0.05, 0.1) is 0 Å². The SMILES string of the molecule is O.O=[C]=[Cu]. The Morgan fingerprint density at radius 1 is 1.75 bits per heavy atom. The number of hydrogen-bond acceptors (Lipinski definition) is 1. The minimum atomic E-state index is 0. The van der Waals surface area contributed by atoms with Crippen molar-refractivity contribution in [3.05, 3.63) is 0 Å². The second-order valence-corrected chi connectivity index (χ2v) is 0.254. The topological polar surface area (TPSA) is 48.6 Å². The van der Waals surface area contributed by atoms with Crippen LogP contribution in [0.3, 0.4) is 0 Å². The van der Waals surface area contributed by atoms with Crippen LogP contribution in [-0.2, 0) is 20.4 Å². The molecule has 0 saturated heterocycles. The minimum absolute atomic E-state index is 0. The molecule has 0 spiro atoms. The van der Waals surface area contributed by atoms with Crippen molar-refractivity contribution >= 4 is 4.79 Å². The summed E-state index contributed by atoms with van der Waals surface area (Å²) in [7, 11) is 0. The van der Waals surface area contributed by atoms with Gasteiger partial charge in [-0.05, 0) is 0 Å². The van der Waals surface area contributed by atoms with Gasteiger partial charge in [-0.3, -0.25) is 0 Å². The Morgan fingerprint density at radius 2 is 1.75 bits per heavy atom. The molecule has 0 rings (SSSR count). The Hall–Kier alpha value is 0.0595. The molecule has 29 valence electrons. The van der Waals surface area contributed by atoms with Gasteiger partial charge in [0.2, 0.25) is 0 Å². The molecule has 0 aromatic carbocycles. The molecule has 0 heterocycles. The van der Waals surface area contributed by atoms with E-state index in [0.717, 1.165) is 4.79 Å². The van der Waals surface area contributed by atoms with Gasteiger partial charge in [0, 0.05) is 0 Å². The van der Waals surface area contributed by atoms with E-state index in [1.807, 2.05) is 0 Å². The standard InChI is InChI=1S/CO.Cu.H2O/c1-2;;/h;;1H2. The van der Waals surface area contributed by atoms with Crippen molar-refractivity contribution in [3.63, 3.8) is 0 Å². The Labute approximate surface area is 31.5 Å². The molecule has 0 saturated carbocycles. The van der Waals surface area contributed by atoms with Crippen molar-refractivity contribution in [1.29, 1.82) is 0 Å². The average molecular weight is 110 g/mol. The van der Waals surface area contributed by atoms with Gasteiger partial charge in [-0.2, -0.15) is 0 Å². The van der Waals surface area contributed by atoms with E-state index in [-0.39, 0.29) is 5.48 Å². The molecule has 0 aliphatic carbocycles. The molecule has 0 aliphatic rings. The Balaban J connectivity index is 0. The van der Waals surface area contributed by atoms with Crippen molar-refractivity contribution < 1.29 is 25.8 Å². The first kappa shape index (κ1) is 8.96. The van der Waals surface area contributed by atoms with Crippen LogP contribution in [0.5, 0.6) is 0 Å². The molecule has 0 aromatic rings. The molecule has 0 unspecified atom stereocenters. The van der Waals surface area contributed by atoms with Crippen molar-refractivity contribution in [2.75, 3.05) is 0 Å². The van der Waals surface area contributed by atoms with Gasteiger partial charge in [-0.1, -0.05) is 0 Å². The third-order valence-electron chi connectivity index (χ3n) is 0. The average Bonchev–Trinajstić information content (AvgIpc) is 0.918. The predicted octanol–water partition coefficient (Wildman–Crippen LogP) is -1.22. The summed E-state index contributed by atoms with van der Waals surface area (Å²) in [5.41, 5.74) is 0. The van der Waals surface area contributed by atoms with Crippen LogP contribution < -0.4 is 0 Å². The molecular formula is CH2CuO2. The zero-order valence-electron chi connectivity index (χ0n) is 1.71. The van der Waals surface area contributed by atoms with Crippen molar-refractivity contribution in [2.24, 2.45) is 0 Å². The summed E-state index contributed by atoms with van der Waals surface area (Å²) >= 11 is 3.70. The monoisotopic (exact) mass is 109 g/mol. The molecule has 0 bridgehead atoms. The molecule has 3 heteroatoms. The van der Waals surface area contributed by atoms with Crippen LogP contribution in [0.1, 0.15) is 0 Å². The Kier molecular flexibility index (Phi) is 25.9. The molecule has 0 aliphatic heterocycles. The zero-order chi connectivity index (χ0) is 2.71. The van der Waals surface area contributed by atoms with Gasteiger partial charge in [0.25, 0.3) is 0 Å². The van der Waals surface area contributed by atoms with E-state index in [2.05, 4.69) is 15.6 Å². The van der Waals surface area contributed by atoms with Crippen LogP contribution in [-0.4, -0.2) is 10.3 Å². The quantitative estimate of drug-likeness (QED) is 0.360. The number of rotatable bonds is 0. The van der Waals surface area contributed by atoms with E-state index in [4.69, 9.17) is 4.79 Å². The van der Waals surface area contributed by atoms with Crippen LogP contribution in [0.2, 0.25) is 0 Å². The molecular weight excluding hydrogens is 108 g/mol. The van der Waals surface area contributed by atoms with E-state index in [1.54, 1.807) is 0 Å². The van der Waals surface area contributed by atoms with E-state index in [1.165, 1.54) is 0 Å². The van der Waals surface area contributed by atoms with Crippen LogP contribution in [0.15, 0.2) is 0 Å². The summed E-state index contributed by atoms with van der Waals surface area (Å²) in [5, 5.41) is 0. The van der Waals surface area contributed by atoms with Crippen molar-refractivity contribution in [3.8, 4) is 0 Å². The van der Waals surface area contributed by atoms with Crippen molar-refractivity contribution in [2.45, 2.75) is 0 Å². The fraction of sp³-hybridized carbons (Fsp3) is 0. The molecule has 0 amide bonds. The van der Waals surface area contributed by atoms with Gasteiger partial charge < -0.3 is 5.48 Å². The third-order valence-corrected chi connectivity index (χ3v) is 0. The predicted molar refractivity (Wildman–Crippen MR) is 9.31 cm³/mol. The van der Waals surface area contributed by atoms with E-state index in [0.29, 0.717) is 0 Å². The Bertz CT molecular complexity index is 27.0. The fourth-order valence-electron chi connectivity index (χ4n) is 0. The first-order valence-electron chi connectivity index (χ1n) is 0.355. The van der Waals surface area contributed by atoms with Gasteiger partial charge in [-0.15, -0.1) is 0 Å². The van der Waals surface area contributed by atoms with E-state index < -0.39 is 0 Å². The number of carbonyl (C=O) groups excluding carboxylic acids is 1. The van der Waals surface area contributed by atoms with Crippen molar-refractivity contribution in [1.82, 2.24) is 0 Å². The third kappa shape index (κ3) is 653. The summed E-state index contributed by atoms with van der Waals surface area (Å²) in [6.45, 7) is 0. The molecule has 0 aromatic heterocycles. The molecule has 0 atom stereocenters. The zero-order valence-corrected chi connectivity index (χ0v) is 2.65. The molecule has 0 fully saturated rings. The van der Waals surface area contributed by atoms with Crippen LogP contribution in [0.4, 0.5) is 0 Å². The Morgan fingerprint density at radius 3 is 1.75 bits per heavy atom. The molecule has 2 N–H and O–H groups in total. The molecule has 4 heavy (non-hydrogen) atoms. The number of hydrogen-bond donors (Lipinski definition) is 0. The van der Waals surface area contributed by atoms with Crippen LogP contribution in [0, 0.1) is 0 Å². The summed E-state index contributed by atoms with van der Waals surface area (Å²) in [4.78, 5) is 9.55. The van der Waals surface area contributed by atoms with E-state index >= 15 is 0 Å². The van der Waals surface area contributed by atoms with Gasteiger partial charge in [0.15, 0.2) is 0 Å². The van der Waals surface area contributed by atoms with Gasteiger partial charge in [0.1, 0.15) is 0 Å². The van der Waals surface area contributed by atoms with Crippen LogP contribution >= 0.6 is 0 Å². The summed E-state index contributed by atoms with van der Waals surface area (Å²) < 4.78 is 0. The normalized spacial score (nSPS) is 2.50. The molecule has 0 radical (unpaired) electrons. The van der Waals surface area contributed by atoms with E-state index in [9.17, 15) is 0 Å². The first-order chi connectivity index (χ1) is 1.41. The first-order valence-corrected chi connectivity index (χ1v) is 0.826. The van der Waals surface area contributed by atoms with Gasteiger partial charge >= 0.3 is 25.2 Å². The molecule has 2 nitrogen and oxygen atoms in total. The summed E-state index contributed by atoms with van der Waals surface area (Å²) in [6.07, 6.45) is 0. The summed E-state index contributed by atoms with van der Waals surface area (Å²) in [6, 6.07) is 0. The second kappa shape index (κ2) is 11.6. The van der Waals surface area contributed by atoms with Gasteiger partial charge in [-0.25, -0.2) is 0 Å². The second-order valence-electron chi connectivity index (χ2n) is 0.0615. The van der Waals surface area contributed by atoms with Crippen LogP contribution in [0.25, 0.3) is 0 Å². The maximum atomic E-state index is 8.49.